The number of carbonyl (C=O) groups excluding carboxylic acids is 2. The normalized spacial score (nSPS) is 13.7. The highest BCUT2D eigenvalue weighted by Gasteiger charge is 2.24. The number of para-hydroxylation sites is 2. The van der Waals surface area contributed by atoms with Gasteiger partial charge in [-0.1, -0.05) is 54.1 Å². The van der Waals surface area contributed by atoms with Crippen LogP contribution in [0.25, 0.3) is 0 Å². The molecule has 0 atom stereocenters. The van der Waals surface area contributed by atoms with Gasteiger partial charge in [-0.25, -0.2) is 0 Å². The molecule has 1 heterocycles. The Morgan fingerprint density at radius 1 is 0.806 bits per heavy atom. The fraction of sp³-hybridized carbons (Fsp3) is 0.200. The molecule has 1 N–H and O–H groups in total. The third kappa shape index (κ3) is 5.25. The second-order valence-corrected chi connectivity index (χ2v) is 7.95. The predicted molar refractivity (Wildman–Crippen MR) is 125 cm³/mol. The van der Waals surface area contributed by atoms with Crippen molar-refractivity contribution in [3.8, 4) is 0 Å². The Labute approximate surface area is 187 Å². The highest BCUT2D eigenvalue weighted by Crippen LogP contribution is 2.21. The molecule has 5 nitrogen and oxygen atoms in total. The maximum atomic E-state index is 13.2. The minimum atomic E-state index is -0.170. The number of rotatable bonds is 5. The number of hydrogen-bond acceptors (Lipinski definition) is 3. The molecule has 31 heavy (non-hydrogen) atoms. The number of nitrogens with zero attached hydrogens (tertiary/aromatic N) is 2. The number of halogens is 1. The van der Waals surface area contributed by atoms with Crippen molar-refractivity contribution < 1.29 is 9.59 Å². The summed E-state index contributed by atoms with van der Waals surface area (Å²) in [6, 6.07) is 24.6. The van der Waals surface area contributed by atoms with Crippen molar-refractivity contribution >= 4 is 34.8 Å². The summed E-state index contributed by atoms with van der Waals surface area (Å²) in [4.78, 5) is 29.9. The molecular weight excluding hydrogens is 410 g/mol. The zero-order valence-corrected chi connectivity index (χ0v) is 17.9. The van der Waals surface area contributed by atoms with Crippen LogP contribution in [0.2, 0.25) is 5.02 Å². The molecule has 3 aromatic carbocycles. The molecule has 1 aliphatic heterocycles. The fourth-order valence-corrected chi connectivity index (χ4v) is 3.86. The van der Waals surface area contributed by atoms with Gasteiger partial charge in [0.05, 0.1) is 17.7 Å². The van der Waals surface area contributed by atoms with Crippen LogP contribution in [-0.4, -0.2) is 42.9 Å². The smallest absolute Gasteiger partial charge is 0.256 e. The Bertz CT molecular complexity index is 1050. The molecule has 0 aromatic heterocycles. The number of nitrogens with one attached hydrogen (secondary N) is 1. The quantitative estimate of drug-likeness (QED) is 0.645. The van der Waals surface area contributed by atoms with Crippen LogP contribution in [0.1, 0.15) is 15.9 Å². The maximum absolute atomic E-state index is 13.2. The molecule has 0 saturated carbocycles. The van der Waals surface area contributed by atoms with Gasteiger partial charge in [-0.15, -0.1) is 0 Å². The van der Waals surface area contributed by atoms with Gasteiger partial charge in [-0.05, 0) is 42.0 Å². The SMILES string of the molecule is O=C(Cc1ccc(Cl)cc1)Nc1ccccc1C(=O)N1CCN(c2ccccc2)CC1. The first-order valence-electron chi connectivity index (χ1n) is 10.3. The van der Waals surface area contributed by atoms with Crippen LogP contribution in [0.3, 0.4) is 0 Å². The van der Waals surface area contributed by atoms with E-state index < -0.39 is 0 Å². The maximum Gasteiger partial charge on any atom is 0.256 e. The number of anilines is 2. The molecule has 0 spiro atoms. The third-order valence-electron chi connectivity index (χ3n) is 5.40. The number of piperazine rings is 1. The summed E-state index contributed by atoms with van der Waals surface area (Å²) in [6.07, 6.45) is 0.218. The van der Waals surface area contributed by atoms with E-state index in [9.17, 15) is 9.59 Å². The Balaban J connectivity index is 1.40. The first-order chi connectivity index (χ1) is 15.1. The molecule has 0 radical (unpaired) electrons. The second-order valence-electron chi connectivity index (χ2n) is 7.51. The zero-order valence-electron chi connectivity index (χ0n) is 17.1. The summed E-state index contributed by atoms with van der Waals surface area (Å²) < 4.78 is 0. The van der Waals surface area contributed by atoms with Crippen LogP contribution < -0.4 is 10.2 Å². The lowest BCUT2D eigenvalue weighted by Crippen LogP contribution is -2.48. The van der Waals surface area contributed by atoms with E-state index in [1.54, 1.807) is 24.3 Å². The predicted octanol–water partition coefficient (Wildman–Crippen LogP) is 4.48. The third-order valence-corrected chi connectivity index (χ3v) is 5.65. The van der Waals surface area contributed by atoms with E-state index in [0.717, 1.165) is 18.7 Å². The molecule has 158 valence electrons. The molecule has 6 heteroatoms. The van der Waals surface area contributed by atoms with Crippen LogP contribution in [-0.2, 0) is 11.2 Å². The highest BCUT2D eigenvalue weighted by molar-refractivity contribution is 6.30. The van der Waals surface area contributed by atoms with Crippen molar-refractivity contribution in [1.82, 2.24) is 4.90 Å². The first-order valence-corrected chi connectivity index (χ1v) is 10.7. The topological polar surface area (TPSA) is 52.7 Å². The van der Waals surface area contributed by atoms with Gasteiger partial charge < -0.3 is 15.1 Å². The van der Waals surface area contributed by atoms with Crippen LogP contribution >= 0.6 is 11.6 Å². The summed E-state index contributed by atoms with van der Waals surface area (Å²) in [5, 5.41) is 3.53. The average Bonchev–Trinajstić information content (AvgIpc) is 2.81. The van der Waals surface area contributed by atoms with Gasteiger partial charge in [0.25, 0.3) is 5.91 Å². The van der Waals surface area contributed by atoms with Gasteiger partial charge in [0.1, 0.15) is 0 Å². The van der Waals surface area contributed by atoms with Crippen LogP contribution in [0.5, 0.6) is 0 Å². The second kappa shape index (κ2) is 9.67. The van der Waals surface area contributed by atoms with E-state index in [1.807, 2.05) is 47.4 Å². The van der Waals surface area contributed by atoms with Crippen molar-refractivity contribution in [3.05, 3.63) is 95.0 Å². The van der Waals surface area contributed by atoms with Crippen LogP contribution in [0, 0.1) is 0 Å². The summed E-state index contributed by atoms with van der Waals surface area (Å²) in [5.41, 5.74) is 3.09. The number of amides is 2. The van der Waals surface area contributed by atoms with Gasteiger partial charge in [0.15, 0.2) is 0 Å². The monoisotopic (exact) mass is 433 g/mol. The first kappa shape index (κ1) is 20.9. The zero-order chi connectivity index (χ0) is 21.6. The average molecular weight is 434 g/mol. The van der Waals surface area contributed by atoms with E-state index >= 15 is 0 Å². The van der Waals surface area contributed by atoms with Gasteiger partial charge in [0.2, 0.25) is 5.91 Å². The fourth-order valence-electron chi connectivity index (χ4n) is 3.74. The Morgan fingerprint density at radius 2 is 1.45 bits per heavy atom. The van der Waals surface area contributed by atoms with Crippen molar-refractivity contribution in [2.24, 2.45) is 0 Å². The molecule has 0 bridgehead atoms. The largest absolute Gasteiger partial charge is 0.368 e. The number of carbonyl (C=O) groups is 2. The lowest BCUT2D eigenvalue weighted by molar-refractivity contribution is -0.115. The summed E-state index contributed by atoms with van der Waals surface area (Å²) in [5.74, 6) is -0.230. The number of hydrogen-bond donors (Lipinski definition) is 1. The van der Waals surface area contributed by atoms with Gasteiger partial charge in [-0.3, -0.25) is 9.59 Å². The van der Waals surface area contributed by atoms with Gasteiger partial charge in [-0.2, -0.15) is 0 Å². The van der Waals surface area contributed by atoms with Crippen molar-refractivity contribution in [1.29, 1.82) is 0 Å². The highest BCUT2D eigenvalue weighted by atomic mass is 35.5. The van der Waals surface area contributed by atoms with E-state index in [4.69, 9.17) is 11.6 Å². The molecule has 1 aliphatic rings. The van der Waals surface area contributed by atoms with E-state index in [0.29, 0.717) is 29.4 Å². The molecule has 1 saturated heterocycles. The minimum absolute atomic E-state index is 0.0601. The number of benzene rings is 3. The van der Waals surface area contributed by atoms with Crippen molar-refractivity contribution in [2.45, 2.75) is 6.42 Å². The van der Waals surface area contributed by atoms with Crippen molar-refractivity contribution in [3.63, 3.8) is 0 Å². The Morgan fingerprint density at radius 3 is 2.16 bits per heavy atom. The molecule has 3 aromatic rings. The molecule has 0 aliphatic carbocycles. The van der Waals surface area contributed by atoms with E-state index in [-0.39, 0.29) is 18.2 Å². The molecule has 1 fully saturated rings. The Hall–Kier alpha value is -3.31. The minimum Gasteiger partial charge on any atom is -0.368 e. The van der Waals surface area contributed by atoms with Crippen molar-refractivity contribution in [2.75, 3.05) is 36.4 Å². The lowest BCUT2D eigenvalue weighted by Gasteiger charge is -2.36. The summed E-state index contributed by atoms with van der Waals surface area (Å²) in [6.45, 7) is 2.84. The summed E-state index contributed by atoms with van der Waals surface area (Å²) in [7, 11) is 0. The van der Waals surface area contributed by atoms with E-state index in [1.165, 1.54) is 5.69 Å². The standard InChI is InChI=1S/C25H24ClN3O2/c26-20-12-10-19(11-13-20)18-24(30)27-23-9-5-4-8-22(23)25(31)29-16-14-28(15-17-29)21-6-2-1-3-7-21/h1-13H,14-18H2,(H,27,30). The Kier molecular flexibility index (Phi) is 6.53. The van der Waals surface area contributed by atoms with E-state index in [2.05, 4.69) is 22.3 Å². The van der Waals surface area contributed by atoms with Crippen LogP contribution in [0.15, 0.2) is 78.9 Å². The molecule has 4 rings (SSSR count). The summed E-state index contributed by atoms with van der Waals surface area (Å²) >= 11 is 5.91. The molecule has 2 amide bonds. The lowest BCUT2D eigenvalue weighted by atomic mass is 10.1. The van der Waals surface area contributed by atoms with Gasteiger partial charge in [0, 0.05) is 36.9 Å². The molecular formula is C25H24ClN3O2. The van der Waals surface area contributed by atoms with Gasteiger partial charge >= 0.3 is 0 Å². The van der Waals surface area contributed by atoms with Crippen LogP contribution in [0.4, 0.5) is 11.4 Å². The molecule has 0 unspecified atom stereocenters.